The summed E-state index contributed by atoms with van der Waals surface area (Å²) in [4.78, 5) is -0.125. The molecule has 2 rings (SSSR count). The first-order chi connectivity index (χ1) is 11.1. The first kappa shape index (κ1) is 18.0. The second-order valence-corrected chi connectivity index (χ2v) is 8.58. The molecule has 0 atom stereocenters. The van der Waals surface area contributed by atoms with Gasteiger partial charge in [0.2, 0.25) is 5.96 Å². The molecule has 0 radical (unpaired) electrons. The van der Waals surface area contributed by atoms with Crippen LogP contribution < -0.4 is 9.44 Å². The number of rotatable bonds is 4. The quantitative estimate of drug-likeness (QED) is 0.561. The summed E-state index contributed by atoms with van der Waals surface area (Å²) in [6.07, 6.45) is 0. The Balaban J connectivity index is 2.15. The van der Waals surface area contributed by atoms with Crippen molar-refractivity contribution >= 4 is 26.0 Å². The monoisotopic (exact) mass is 367 g/mol. The standard InChI is InChI=1S/C15H17N3O4S2/c1-11-3-7-13(8-4-11)23(19,20)17-15(16)18-24(21,22)14-9-5-12(2)6-10-14/h3-10H,1-2H3,(H3,16,17,18). The number of aryl methyl sites for hydroxylation is 2. The molecular formula is C15H17N3O4S2. The van der Waals surface area contributed by atoms with E-state index in [4.69, 9.17) is 5.41 Å². The van der Waals surface area contributed by atoms with Crippen molar-refractivity contribution in [1.82, 2.24) is 9.44 Å². The van der Waals surface area contributed by atoms with Crippen LogP contribution in [0.2, 0.25) is 0 Å². The number of nitrogens with one attached hydrogen (secondary N) is 3. The second kappa shape index (κ2) is 6.62. The van der Waals surface area contributed by atoms with Crippen molar-refractivity contribution in [2.24, 2.45) is 0 Å². The van der Waals surface area contributed by atoms with Crippen LogP contribution in [0.25, 0.3) is 0 Å². The lowest BCUT2D eigenvalue weighted by atomic mass is 10.2. The third-order valence-electron chi connectivity index (χ3n) is 3.14. The van der Waals surface area contributed by atoms with Gasteiger partial charge in [-0.3, -0.25) is 5.41 Å². The van der Waals surface area contributed by atoms with Crippen LogP contribution in [0.5, 0.6) is 0 Å². The topological polar surface area (TPSA) is 116 Å². The number of hydrogen-bond acceptors (Lipinski definition) is 5. The van der Waals surface area contributed by atoms with Crippen molar-refractivity contribution in [2.75, 3.05) is 0 Å². The zero-order valence-electron chi connectivity index (χ0n) is 13.1. The van der Waals surface area contributed by atoms with E-state index in [-0.39, 0.29) is 9.79 Å². The summed E-state index contributed by atoms with van der Waals surface area (Å²) >= 11 is 0. The Morgan fingerprint density at radius 3 is 1.29 bits per heavy atom. The molecule has 0 heterocycles. The zero-order chi connectivity index (χ0) is 18.0. The van der Waals surface area contributed by atoms with Crippen molar-refractivity contribution in [1.29, 1.82) is 5.41 Å². The van der Waals surface area contributed by atoms with Gasteiger partial charge in [0.1, 0.15) is 0 Å². The SMILES string of the molecule is Cc1ccc(S(=O)(=O)NC(=N)NS(=O)(=O)c2ccc(C)cc2)cc1. The molecule has 2 aromatic rings. The van der Waals surface area contributed by atoms with Gasteiger partial charge in [-0.15, -0.1) is 0 Å². The second-order valence-electron chi connectivity index (χ2n) is 5.21. The number of hydrogen-bond donors (Lipinski definition) is 3. The number of benzene rings is 2. The third kappa shape index (κ3) is 4.33. The first-order valence-electron chi connectivity index (χ1n) is 6.88. The first-order valence-corrected chi connectivity index (χ1v) is 9.84. The maximum atomic E-state index is 12.1. The van der Waals surface area contributed by atoms with Gasteiger partial charge >= 0.3 is 0 Å². The Kier molecular flexibility index (Phi) is 4.95. The third-order valence-corrected chi connectivity index (χ3v) is 5.87. The van der Waals surface area contributed by atoms with Crippen LogP contribution in [-0.2, 0) is 20.0 Å². The van der Waals surface area contributed by atoms with Gasteiger partial charge in [-0.05, 0) is 38.1 Å². The average molecular weight is 367 g/mol. The Labute approximate surface area is 141 Å². The lowest BCUT2D eigenvalue weighted by Gasteiger charge is -2.12. The molecule has 0 saturated heterocycles. The molecule has 7 nitrogen and oxygen atoms in total. The maximum Gasteiger partial charge on any atom is 0.264 e. The molecule has 0 spiro atoms. The Hall–Kier alpha value is -2.39. The zero-order valence-corrected chi connectivity index (χ0v) is 14.7. The number of sulfonamides is 2. The Morgan fingerprint density at radius 1 is 0.708 bits per heavy atom. The van der Waals surface area contributed by atoms with E-state index >= 15 is 0 Å². The highest BCUT2D eigenvalue weighted by Crippen LogP contribution is 2.11. The summed E-state index contributed by atoms with van der Waals surface area (Å²) in [5.74, 6) is -0.851. The van der Waals surface area contributed by atoms with Crippen molar-refractivity contribution in [2.45, 2.75) is 23.6 Å². The van der Waals surface area contributed by atoms with Gasteiger partial charge in [0.25, 0.3) is 20.0 Å². The fraction of sp³-hybridized carbons (Fsp3) is 0.133. The minimum atomic E-state index is -4.04. The smallest absolute Gasteiger partial charge is 0.264 e. The van der Waals surface area contributed by atoms with E-state index in [2.05, 4.69) is 0 Å². The van der Waals surface area contributed by atoms with E-state index < -0.39 is 26.0 Å². The van der Waals surface area contributed by atoms with Crippen molar-refractivity contribution in [3.8, 4) is 0 Å². The fourth-order valence-corrected chi connectivity index (χ4v) is 3.77. The lowest BCUT2D eigenvalue weighted by Crippen LogP contribution is -2.42. The van der Waals surface area contributed by atoms with Crippen LogP contribution in [0, 0.1) is 19.3 Å². The molecule has 128 valence electrons. The molecule has 0 aliphatic rings. The molecule has 0 aliphatic carbocycles. The van der Waals surface area contributed by atoms with Crippen LogP contribution in [0.3, 0.4) is 0 Å². The normalized spacial score (nSPS) is 11.8. The van der Waals surface area contributed by atoms with Gasteiger partial charge in [0.05, 0.1) is 9.79 Å². The highest BCUT2D eigenvalue weighted by atomic mass is 32.2. The summed E-state index contributed by atoms with van der Waals surface area (Å²) in [7, 11) is -8.08. The summed E-state index contributed by atoms with van der Waals surface area (Å²) in [6.45, 7) is 3.61. The summed E-state index contributed by atoms with van der Waals surface area (Å²) < 4.78 is 52.3. The molecule has 0 unspecified atom stereocenters. The average Bonchev–Trinajstić information content (AvgIpc) is 2.46. The highest BCUT2D eigenvalue weighted by molar-refractivity contribution is 7.91. The largest absolute Gasteiger partial charge is 0.268 e. The maximum absolute atomic E-state index is 12.1. The van der Waals surface area contributed by atoms with E-state index in [0.717, 1.165) is 11.1 Å². The van der Waals surface area contributed by atoms with Gasteiger partial charge < -0.3 is 0 Å². The van der Waals surface area contributed by atoms with Gasteiger partial charge in [-0.2, -0.15) is 0 Å². The molecule has 0 amide bonds. The number of guanidine groups is 1. The molecular weight excluding hydrogens is 350 g/mol. The van der Waals surface area contributed by atoms with Gasteiger partial charge in [-0.1, -0.05) is 35.4 Å². The Morgan fingerprint density at radius 2 is 1.00 bits per heavy atom. The molecule has 9 heteroatoms. The lowest BCUT2D eigenvalue weighted by molar-refractivity contribution is 0.589. The van der Waals surface area contributed by atoms with Crippen LogP contribution in [0.1, 0.15) is 11.1 Å². The van der Waals surface area contributed by atoms with Crippen LogP contribution in [0.15, 0.2) is 58.3 Å². The predicted octanol–water partition coefficient (Wildman–Crippen LogP) is 1.50. The van der Waals surface area contributed by atoms with Crippen molar-refractivity contribution in [3.05, 3.63) is 59.7 Å². The molecule has 24 heavy (non-hydrogen) atoms. The van der Waals surface area contributed by atoms with Gasteiger partial charge in [-0.25, -0.2) is 26.3 Å². The molecule has 0 bridgehead atoms. The summed E-state index contributed by atoms with van der Waals surface area (Å²) in [5, 5.41) is 7.60. The van der Waals surface area contributed by atoms with Crippen molar-refractivity contribution < 1.29 is 16.8 Å². The van der Waals surface area contributed by atoms with Crippen LogP contribution >= 0.6 is 0 Å². The van der Waals surface area contributed by atoms with Gasteiger partial charge in [0, 0.05) is 0 Å². The fourth-order valence-electron chi connectivity index (χ4n) is 1.84. The molecule has 0 aromatic heterocycles. The van der Waals surface area contributed by atoms with Gasteiger partial charge in [0.15, 0.2) is 0 Å². The highest BCUT2D eigenvalue weighted by Gasteiger charge is 2.20. The molecule has 0 aliphatic heterocycles. The summed E-state index contributed by atoms with van der Waals surface area (Å²) in [5.41, 5.74) is 1.76. The van der Waals surface area contributed by atoms with E-state index in [1.807, 2.05) is 23.3 Å². The van der Waals surface area contributed by atoms with Crippen molar-refractivity contribution in [3.63, 3.8) is 0 Å². The summed E-state index contributed by atoms with van der Waals surface area (Å²) in [6, 6.07) is 11.9. The molecule has 0 saturated carbocycles. The molecule has 3 N–H and O–H groups in total. The minimum absolute atomic E-state index is 0.0626. The van der Waals surface area contributed by atoms with Crippen LogP contribution in [0.4, 0.5) is 0 Å². The van der Waals surface area contributed by atoms with E-state index in [0.29, 0.717) is 0 Å². The van der Waals surface area contributed by atoms with E-state index in [9.17, 15) is 16.8 Å². The van der Waals surface area contributed by atoms with Crippen LogP contribution in [-0.4, -0.2) is 22.8 Å². The molecule has 0 fully saturated rings. The van der Waals surface area contributed by atoms with E-state index in [1.54, 1.807) is 24.3 Å². The predicted molar refractivity (Wildman–Crippen MR) is 90.7 cm³/mol. The minimum Gasteiger partial charge on any atom is -0.268 e. The van der Waals surface area contributed by atoms with E-state index in [1.165, 1.54) is 24.3 Å². The molecule has 2 aromatic carbocycles. The Bertz CT molecular complexity index is 869.